The van der Waals surface area contributed by atoms with Gasteiger partial charge in [-0.05, 0) is 37.0 Å². The van der Waals surface area contributed by atoms with Crippen molar-refractivity contribution in [3.8, 4) is 0 Å². The topological polar surface area (TPSA) is 55.1 Å². The minimum absolute atomic E-state index is 0.0238. The SMILES string of the molecule is Cc1c(N)cccc1C(=O)NCCCCC(C)C. The second-order valence-corrected chi connectivity index (χ2v) is 5.17. The van der Waals surface area contributed by atoms with Crippen molar-refractivity contribution < 1.29 is 4.79 Å². The Bertz CT molecular complexity index is 399. The van der Waals surface area contributed by atoms with Crippen LogP contribution in [0.4, 0.5) is 5.69 Å². The Labute approximate surface area is 110 Å². The third-order valence-electron chi connectivity index (χ3n) is 3.11. The van der Waals surface area contributed by atoms with E-state index < -0.39 is 0 Å². The van der Waals surface area contributed by atoms with Crippen molar-refractivity contribution in [2.75, 3.05) is 12.3 Å². The van der Waals surface area contributed by atoms with Gasteiger partial charge in [0.05, 0.1) is 0 Å². The summed E-state index contributed by atoms with van der Waals surface area (Å²) in [4.78, 5) is 11.9. The Morgan fingerprint density at radius 3 is 2.72 bits per heavy atom. The summed E-state index contributed by atoms with van der Waals surface area (Å²) in [6.07, 6.45) is 3.41. The van der Waals surface area contributed by atoms with Gasteiger partial charge in [-0.3, -0.25) is 4.79 Å². The first kappa shape index (κ1) is 14.6. The quantitative estimate of drug-likeness (QED) is 0.600. The second-order valence-electron chi connectivity index (χ2n) is 5.17. The summed E-state index contributed by atoms with van der Waals surface area (Å²) in [6, 6.07) is 5.44. The van der Waals surface area contributed by atoms with E-state index in [0.717, 1.165) is 30.9 Å². The number of carbonyl (C=O) groups excluding carboxylic acids is 1. The van der Waals surface area contributed by atoms with Crippen LogP contribution in [0.2, 0.25) is 0 Å². The monoisotopic (exact) mass is 248 g/mol. The number of nitrogens with one attached hydrogen (secondary N) is 1. The maximum Gasteiger partial charge on any atom is 0.251 e. The maximum atomic E-state index is 11.9. The van der Waals surface area contributed by atoms with Gasteiger partial charge in [0.25, 0.3) is 5.91 Å². The Balaban J connectivity index is 2.39. The smallest absolute Gasteiger partial charge is 0.251 e. The zero-order valence-electron chi connectivity index (χ0n) is 11.6. The first-order valence-corrected chi connectivity index (χ1v) is 6.65. The van der Waals surface area contributed by atoms with Gasteiger partial charge in [-0.2, -0.15) is 0 Å². The summed E-state index contributed by atoms with van der Waals surface area (Å²) >= 11 is 0. The van der Waals surface area contributed by atoms with Crippen LogP contribution in [-0.2, 0) is 0 Å². The molecule has 0 unspecified atom stereocenters. The third-order valence-corrected chi connectivity index (χ3v) is 3.11. The summed E-state index contributed by atoms with van der Waals surface area (Å²) in [5.74, 6) is 0.709. The van der Waals surface area contributed by atoms with Crippen LogP contribution in [0, 0.1) is 12.8 Å². The lowest BCUT2D eigenvalue weighted by Crippen LogP contribution is -2.25. The van der Waals surface area contributed by atoms with Gasteiger partial charge in [0.15, 0.2) is 0 Å². The van der Waals surface area contributed by atoms with Crippen LogP contribution in [0.25, 0.3) is 0 Å². The Morgan fingerprint density at radius 2 is 2.06 bits per heavy atom. The molecule has 0 aliphatic carbocycles. The molecule has 0 aromatic heterocycles. The van der Waals surface area contributed by atoms with Gasteiger partial charge < -0.3 is 11.1 Å². The molecule has 0 atom stereocenters. The van der Waals surface area contributed by atoms with Crippen molar-refractivity contribution in [3.05, 3.63) is 29.3 Å². The lowest BCUT2D eigenvalue weighted by Gasteiger charge is -2.09. The van der Waals surface area contributed by atoms with E-state index in [9.17, 15) is 4.79 Å². The first-order chi connectivity index (χ1) is 8.52. The van der Waals surface area contributed by atoms with Gasteiger partial charge in [-0.25, -0.2) is 0 Å². The molecule has 0 spiro atoms. The molecule has 0 radical (unpaired) electrons. The molecule has 1 rings (SSSR count). The van der Waals surface area contributed by atoms with E-state index in [-0.39, 0.29) is 5.91 Å². The van der Waals surface area contributed by atoms with Gasteiger partial charge in [0.1, 0.15) is 0 Å². The van der Waals surface area contributed by atoms with Gasteiger partial charge in [-0.15, -0.1) is 0 Å². The number of anilines is 1. The molecule has 0 fully saturated rings. The molecule has 1 aromatic rings. The standard InChI is InChI=1S/C15H24N2O/c1-11(2)7-4-5-10-17-15(18)13-8-6-9-14(16)12(13)3/h6,8-9,11H,4-5,7,10,16H2,1-3H3,(H,17,18). The average molecular weight is 248 g/mol. The number of benzene rings is 1. The molecule has 18 heavy (non-hydrogen) atoms. The molecule has 1 aromatic carbocycles. The van der Waals surface area contributed by atoms with E-state index in [1.807, 2.05) is 25.1 Å². The van der Waals surface area contributed by atoms with E-state index in [1.54, 1.807) is 0 Å². The molecule has 0 heterocycles. The molecule has 100 valence electrons. The highest BCUT2D eigenvalue weighted by molar-refractivity contribution is 5.96. The first-order valence-electron chi connectivity index (χ1n) is 6.65. The lowest BCUT2D eigenvalue weighted by atomic mass is 10.1. The second kappa shape index (κ2) is 7.04. The fourth-order valence-corrected chi connectivity index (χ4v) is 1.87. The van der Waals surface area contributed by atoms with Crippen molar-refractivity contribution in [2.24, 2.45) is 5.92 Å². The number of rotatable bonds is 6. The van der Waals surface area contributed by atoms with Crippen molar-refractivity contribution >= 4 is 11.6 Å². The molecule has 0 saturated heterocycles. The largest absolute Gasteiger partial charge is 0.398 e. The molecular weight excluding hydrogens is 224 g/mol. The van der Waals surface area contributed by atoms with Gasteiger partial charge >= 0.3 is 0 Å². The fraction of sp³-hybridized carbons (Fsp3) is 0.533. The zero-order valence-corrected chi connectivity index (χ0v) is 11.6. The highest BCUT2D eigenvalue weighted by atomic mass is 16.1. The molecule has 0 aliphatic rings. The lowest BCUT2D eigenvalue weighted by molar-refractivity contribution is 0.0952. The average Bonchev–Trinajstić information content (AvgIpc) is 2.31. The van der Waals surface area contributed by atoms with E-state index in [2.05, 4.69) is 19.2 Å². The van der Waals surface area contributed by atoms with Crippen LogP contribution in [-0.4, -0.2) is 12.5 Å². The van der Waals surface area contributed by atoms with Crippen LogP contribution >= 0.6 is 0 Å². The summed E-state index contributed by atoms with van der Waals surface area (Å²) in [5, 5.41) is 2.95. The van der Waals surface area contributed by atoms with Crippen LogP contribution in [0.5, 0.6) is 0 Å². The maximum absolute atomic E-state index is 11.9. The minimum Gasteiger partial charge on any atom is -0.398 e. The molecule has 1 amide bonds. The molecule has 0 bridgehead atoms. The number of unbranched alkanes of at least 4 members (excludes halogenated alkanes) is 1. The summed E-state index contributed by atoms with van der Waals surface area (Å²) in [5.41, 5.74) is 8.00. The van der Waals surface area contributed by atoms with Gasteiger partial charge in [0, 0.05) is 17.8 Å². The van der Waals surface area contributed by atoms with Crippen molar-refractivity contribution in [1.29, 1.82) is 0 Å². The molecular formula is C15H24N2O. The molecule has 0 saturated carbocycles. The van der Waals surface area contributed by atoms with Crippen molar-refractivity contribution in [2.45, 2.75) is 40.0 Å². The summed E-state index contributed by atoms with van der Waals surface area (Å²) < 4.78 is 0. The highest BCUT2D eigenvalue weighted by Crippen LogP contribution is 2.15. The minimum atomic E-state index is -0.0238. The van der Waals surface area contributed by atoms with Gasteiger partial charge in [0.2, 0.25) is 0 Å². The molecule has 3 heteroatoms. The van der Waals surface area contributed by atoms with Crippen LogP contribution in [0.1, 0.15) is 49.0 Å². The molecule has 3 N–H and O–H groups in total. The number of hydrogen-bond donors (Lipinski definition) is 2. The number of amides is 1. The Hall–Kier alpha value is -1.51. The van der Waals surface area contributed by atoms with Crippen LogP contribution in [0.3, 0.4) is 0 Å². The normalized spacial score (nSPS) is 10.7. The Kier molecular flexibility index (Phi) is 5.69. The van der Waals surface area contributed by atoms with Crippen LogP contribution < -0.4 is 11.1 Å². The predicted octanol–water partition coefficient (Wildman–Crippen LogP) is 3.13. The highest BCUT2D eigenvalue weighted by Gasteiger charge is 2.09. The number of nitrogen functional groups attached to an aromatic ring is 1. The fourth-order valence-electron chi connectivity index (χ4n) is 1.87. The molecule has 0 aliphatic heterocycles. The van der Waals surface area contributed by atoms with E-state index in [1.165, 1.54) is 6.42 Å². The Morgan fingerprint density at radius 1 is 1.33 bits per heavy atom. The summed E-state index contributed by atoms with van der Waals surface area (Å²) in [6.45, 7) is 7.05. The number of carbonyl (C=O) groups is 1. The summed E-state index contributed by atoms with van der Waals surface area (Å²) in [7, 11) is 0. The van der Waals surface area contributed by atoms with Crippen molar-refractivity contribution in [1.82, 2.24) is 5.32 Å². The van der Waals surface area contributed by atoms with Gasteiger partial charge in [-0.1, -0.05) is 32.8 Å². The number of nitrogens with two attached hydrogens (primary N) is 1. The number of hydrogen-bond acceptors (Lipinski definition) is 2. The van der Waals surface area contributed by atoms with E-state index >= 15 is 0 Å². The van der Waals surface area contributed by atoms with Crippen LogP contribution in [0.15, 0.2) is 18.2 Å². The van der Waals surface area contributed by atoms with E-state index in [4.69, 9.17) is 5.73 Å². The van der Waals surface area contributed by atoms with E-state index in [0.29, 0.717) is 11.3 Å². The third kappa shape index (κ3) is 4.40. The predicted molar refractivity (Wildman–Crippen MR) is 76.6 cm³/mol. The zero-order chi connectivity index (χ0) is 13.5. The van der Waals surface area contributed by atoms with Crippen molar-refractivity contribution in [3.63, 3.8) is 0 Å². The molecule has 3 nitrogen and oxygen atoms in total.